The van der Waals surface area contributed by atoms with Crippen molar-refractivity contribution in [1.29, 1.82) is 0 Å². The molecule has 1 aromatic rings. The number of rotatable bonds is 12. The molecular formula is C20H15F17O3. The number of carbonyl (C=O) groups excluding carboxylic acids is 1. The quantitative estimate of drug-likeness (QED) is 0.175. The largest absolute Gasteiger partial charge is 0.462 e. The lowest BCUT2D eigenvalue weighted by Crippen LogP contribution is -2.74. The second-order valence-electron chi connectivity index (χ2n) is 7.88. The molecule has 0 N–H and O–H groups in total. The van der Waals surface area contributed by atoms with Crippen molar-refractivity contribution in [3.05, 3.63) is 35.4 Å². The molecule has 1 aromatic carbocycles. The zero-order valence-electron chi connectivity index (χ0n) is 19.5. The highest BCUT2D eigenvalue weighted by atomic mass is 19.4. The van der Waals surface area contributed by atoms with E-state index >= 15 is 0 Å². The van der Waals surface area contributed by atoms with Crippen LogP contribution in [0.15, 0.2) is 24.3 Å². The van der Waals surface area contributed by atoms with Gasteiger partial charge in [-0.05, 0) is 18.6 Å². The van der Waals surface area contributed by atoms with Gasteiger partial charge in [0.25, 0.3) is 0 Å². The molecule has 0 radical (unpaired) electrons. The van der Waals surface area contributed by atoms with E-state index in [2.05, 4.69) is 9.47 Å². The Bertz CT molecular complexity index is 1050. The fourth-order valence-electron chi connectivity index (χ4n) is 3.05. The van der Waals surface area contributed by atoms with Gasteiger partial charge >= 0.3 is 53.6 Å². The highest BCUT2D eigenvalue weighted by Gasteiger charge is 2.95. The maximum atomic E-state index is 14.4. The summed E-state index contributed by atoms with van der Waals surface area (Å²) in [7, 11) is 0.432. The average molecular weight is 626 g/mol. The van der Waals surface area contributed by atoms with Gasteiger partial charge in [-0.15, -0.1) is 0 Å². The number of methoxy groups -OCH3 is 1. The van der Waals surface area contributed by atoms with Crippen LogP contribution < -0.4 is 0 Å². The standard InChI is InChI=1S/C20H15F17O3/c1-3-40-12(38)10-7-5-4-6-9(10)11(39-2)8-13(21,22)14(23,24)15(25,26)16(27,28)17(29,30)18(31,32)19(33,34)20(35,36)37/h4-7,11H,3,8H2,1-2H3. The molecule has 0 aromatic heterocycles. The van der Waals surface area contributed by atoms with Crippen LogP contribution in [0, 0.1) is 0 Å². The lowest BCUT2D eigenvalue weighted by molar-refractivity contribution is -0.462. The average Bonchev–Trinajstić information content (AvgIpc) is 2.81. The zero-order valence-corrected chi connectivity index (χ0v) is 19.5. The Morgan fingerprint density at radius 1 is 0.675 bits per heavy atom. The van der Waals surface area contributed by atoms with E-state index < -0.39 is 77.3 Å². The molecule has 0 spiro atoms. The summed E-state index contributed by atoms with van der Waals surface area (Å²) in [6, 6.07) is 3.48. The molecule has 20 heteroatoms. The first kappa shape index (κ1) is 35.5. The molecule has 1 rings (SSSR count). The topological polar surface area (TPSA) is 35.5 Å². The number of benzene rings is 1. The summed E-state index contributed by atoms with van der Waals surface area (Å²) in [6.45, 7) is 0.891. The summed E-state index contributed by atoms with van der Waals surface area (Å²) >= 11 is 0. The van der Waals surface area contributed by atoms with Gasteiger partial charge in [-0.25, -0.2) is 4.79 Å². The van der Waals surface area contributed by atoms with Crippen molar-refractivity contribution in [2.75, 3.05) is 13.7 Å². The predicted molar refractivity (Wildman–Crippen MR) is 97.4 cm³/mol. The van der Waals surface area contributed by atoms with Crippen LogP contribution in [0.1, 0.15) is 35.4 Å². The molecule has 0 saturated carbocycles. The SMILES string of the molecule is CCOC(=O)c1ccccc1C(CC(F)(F)C(F)(F)C(F)(F)C(F)(F)C(F)(F)C(F)(F)C(F)(F)C(F)(F)F)OC. The Balaban J connectivity index is 3.64. The van der Waals surface area contributed by atoms with Crippen LogP contribution in [0.5, 0.6) is 0 Å². The molecule has 3 nitrogen and oxygen atoms in total. The summed E-state index contributed by atoms with van der Waals surface area (Å²) in [5.74, 6) is -58.5. The van der Waals surface area contributed by atoms with E-state index in [0.717, 1.165) is 18.2 Å². The maximum absolute atomic E-state index is 14.4. The number of hydrogen-bond acceptors (Lipinski definition) is 3. The van der Waals surface area contributed by atoms with Gasteiger partial charge in [-0.3, -0.25) is 0 Å². The Labute approximate surface area is 212 Å². The molecule has 232 valence electrons. The molecule has 1 atom stereocenters. The molecular weight excluding hydrogens is 611 g/mol. The van der Waals surface area contributed by atoms with E-state index in [-0.39, 0.29) is 6.61 Å². The Kier molecular flexibility index (Phi) is 9.49. The van der Waals surface area contributed by atoms with E-state index in [0.29, 0.717) is 13.2 Å². The minimum absolute atomic E-state index is 0.355. The molecule has 40 heavy (non-hydrogen) atoms. The second kappa shape index (κ2) is 10.7. The lowest BCUT2D eigenvalue weighted by Gasteiger charge is -2.43. The first-order valence-corrected chi connectivity index (χ1v) is 10.1. The first-order valence-electron chi connectivity index (χ1n) is 10.1. The van der Waals surface area contributed by atoms with Gasteiger partial charge in [0.05, 0.1) is 18.3 Å². The minimum atomic E-state index is -8.71. The van der Waals surface area contributed by atoms with Crippen molar-refractivity contribution in [1.82, 2.24) is 0 Å². The number of alkyl halides is 17. The monoisotopic (exact) mass is 626 g/mol. The first-order chi connectivity index (χ1) is 17.6. The van der Waals surface area contributed by atoms with E-state index in [1.54, 1.807) is 0 Å². The Morgan fingerprint density at radius 3 is 1.48 bits per heavy atom. The fourth-order valence-corrected chi connectivity index (χ4v) is 3.05. The zero-order chi connectivity index (χ0) is 32.0. The summed E-state index contributed by atoms with van der Waals surface area (Å²) in [5.41, 5.74) is -1.57. The van der Waals surface area contributed by atoms with Crippen LogP contribution >= 0.6 is 0 Å². The molecule has 0 aliphatic carbocycles. The molecule has 0 saturated heterocycles. The van der Waals surface area contributed by atoms with Crippen molar-refractivity contribution in [3.63, 3.8) is 0 Å². The summed E-state index contributed by atoms with van der Waals surface area (Å²) < 4.78 is 238. The third-order valence-corrected chi connectivity index (χ3v) is 5.32. The van der Waals surface area contributed by atoms with Crippen molar-refractivity contribution in [3.8, 4) is 0 Å². The highest BCUT2D eigenvalue weighted by molar-refractivity contribution is 5.91. The Morgan fingerprint density at radius 2 is 1.07 bits per heavy atom. The van der Waals surface area contributed by atoms with Gasteiger partial charge in [-0.1, -0.05) is 18.2 Å². The van der Waals surface area contributed by atoms with Crippen molar-refractivity contribution in [2.45, 2.75) is 67.1 Å². The van der Waals surface area contributed by atoms with Gasteiger partial charge in [0, 0.05) is 13.5 Å². The molecule has 0 aliphatic heterocycles. The van der Waals surface area contributed by atoms with Crippen LogP contribution in [0.3, 0.4) is 0 Å². The van der Waals surface area contributed by atoms with E-state index in [4.69, 9.17) is 0 Å². The number of esters is 1. The predicted octanol–water partition coefficient (Wildman–Crippen LogP) is 7.95. The highest BCUT2D eigenvalue weighted by Crippen LogP contribution is 2.64. The Hall–Kier alpha value is -2.54. The summed E-state index contributed by atoms with van der Waals surface area (Å²) in [6.07, 6.45) is -13.3. The van der Waals surface area contributed by atoms with Crippen LogP contribution in [0.4, 0.5) is 74.6 Å². The lowest BCUT2D eigenvalue weighted by atomic mass is 9.86. The normalized spacial score (nSPS) is 15.7. The molecule has 0 aliphatic rings. The third kappa shape index (κ3) is 5.26. The van der Waals surface area contributed by atoms with E-state index in [1.807, 2.05) is 0 Å². The molecule has 0 heterocycles. The summed E-state index contributed by atoms with van der Waals surface area (Å²) in [5, 5.41) is 0. The fraction of sp³-hybridized carbons (Fsp3) is 0.650. The van der Waals surface area contributed by atoms with Gasteiger partial charge in [0.1, 0.15) is 0 Å². The van der Waals surface area contributed by atoms with Gasteiger partial charge in [0.15, 0.2) is 0 Å². The second-order valence-corrected chi connectivity index (χ2v) is 7.88. The smallest absolute Gasteiger partial charge is 0.460 e. The van der Waals surface area contributed by atoms with Crippen LogP contribution in [0.25, 0.3) is 0 Å². The minimum Gasteiger partial charge on any atom is -0.462 e. The number of hydrogen-bond donors (Lipinski definition) is 0. The molecule has 1 unspecified atom stereocenters. The van der Waals surface area contributed by atoms with Crippen LogP contribution in [0.2, 0.25) is 0 Å². The van der Waals surface area contributed by atoms with Crippen LogP contribution in [-0.4, -0.2) is 67.3 Å². The van der Waals surface area contributed by atoms with Crippen molar-refractivity contribution < 1.29 is 88.9 Å². The van der Waals surface area contributed by atoms with Crippen molar-refractivity contribution >= 4 is 5.97 Å². The van der Waals surface area contributed by atoms with E-state index in [9.17, 15) is 79.4 Å². The van der Waals surface area contributed by atoms with Crippen molar-refractivity contribution in [2.24, 2.45) is 0 Å². The molecule has 0 fully saturated rings. The third-order valence-electron chi connectivity index (χ3n) is 5.32. The molecule has 0 bridgehead atoms. The van der Waals surface area contributed by atoms with E-state index in [1.165, 1.54) is 6.92 Å². The number of ether oxygens (including phenoxy) is 2. The maximum Gasteiger partial charge on any atom is 0.460 e. The van der Waals surface area contributed by atoms with Gasteiger partial charge in [-0.2, -0.15) is 74.6 Å². The molecule has 0 amide bonds. The van der Waals surface area contributed by atoms with Gasteiger partial charge < -0.3 is 9.47 Å². The van der Waals surface area contributed by atoms with Crippen LogP contribution in [-0.2, 0) is 9.47 Å². The van der Waals surface area contributed by atoms with Gasteiger partial charge in [0.2, 0.25) is 0 Å². The number of halogens is 17. The summed E-state index contributed by atoms with van der Waals surface area (Å²) in [4.78, 5) is 12.0. The number of carbonyl (C=O) groups is 1.